The Morgan fingerprint density at radius 1 is 1.28 bits per heavy atom. The molecule has 1 saturated heterocycles. The number of carbonyl (C=O) groups excluding carboxylic acids is 1. The largest absolute Gasteiger partial charge is 0.478 e. The van der Waals surface area contributed by atoms with Crippen LogP contribution in [0.15, 0.2) is 42.6 Å². The molecule has 1 aromatic carbocycles. The number of ether oxygens (including phenoxy) is 2. The van der Waals surface area contributed by atoms with E-state index in [-0.39, 0.29) is 5.91 Å². The molecule has 2 aromatic rings. The third-order valence-corrected chi connectivity index (χ3v) is 4.04. The number of benzene rings is 1. The van der Waals surface area contributed by atoms with Crippen LogP contribution < -0.4 is 15.0 Å². The van der Waals surface area contributed by atoms with E-state index in [9.17, 15) is 4.79 Å². The summed E-state index contributed by atoms with van der Waals surface area (Å²) in [5.41, 5.74) is 2.59. The van der Waals surface area contributed by atoms with Gasteiger partial charge in [0.2, 0.25) is 5.88 Å². The summed E-state index contributed by atoms with van der Waals surface area (Å²) in [6, 6.07) is 11.4. The predicted molar refractivity (Wildman–Crippen MR) is 96.1 cm³/mol. The van der Waals surface area contributed by atoms with Crippen molar-refractivity contribution in [3.8, 4) is 5.88 Å². The molecule has 132 valence electrons. The third-order valence-electron chi connectivity index (χ3n) is 4.04. The molecule has 0 saturated carbocycles. The number of para-hydroxylation sites is 1. The lowest BCUT2D eigenvalue weighted by molar-refractivity contribution is 0.0949. The smallest absolute Gasteiger partial charge is 0.253 e. The number of amides is 1. The standard InChI is InChI=1S/C19H23N3O3/c1-2-25-18-13-15(7-8-20-18)14-21-19(23)16-5-3-4-6-17(16)22-9-11-24-12-10-22/h3-8,13H,2,9-12,14H2,1H3,(H,21,23). The van der Waals surface area contributed by atoms with Crippen LogP contribution >= 0.6 is 0 Å². The van der Waals surface area contributed by atoms with Crippen molar-refractivity contribution in [2.75, 3.05) is 37.8 Å². The molecule has 1 fully saturated rings. The van der Waals surface area contributed by atoms with Crippen molar-refractivity contribution in [3.05, 3.63) is 53.7 Å². The first-order valence-corrected chi connectivity index (χ1v) is 8.55. The van der Waals surface area contributed by atoms with Crippen molar-refractivity contribution in [2.45, 2.75) is 13.5 Å². The molecule has 3 rings (SSSR count). The number of anilines is 1. The minimum Gasteiger partial charge on any atom is -0.478 e. The highest BCUT2D eigenvalue weighted by Gasteiger charge is 2.18. The number of hydrogen-bond donors (Lipinski definition) is 1. The second-order valence-electron chi connectivity index (χ2n) is 5.73. The maximum atomic E-state index is 12.7. The molecule has 1 aromatic heterocycles. The highest BCUT2D eigenvalue weighted by Crippen LogP contribution is 2.21. The normalized spacial score (nSPS) is 14.2. The molecule has 0 aliphatic carbocycles. The fourth-order valence-electron chi connectivity index (χ4n) is 2.81. The Hall–Kier alpha value is -2.60. The van der Waals surface area contributed by atoms with E-state index < -0.39 is 0 Å². The maximum absolute atomic E-state index is 12.7. The highest BCUT2D eigenvalue weighted by atomic mass is 16.5. The van der Waals surface area contributed by atoms with E-state index in [4.69, 9.17) is 9.47 Å². The van der Waals surface area contributed by atoms with Gasteiger partial charge in [-0.15, -0.1) is 0 Å². The Kier molecular flexibility index (Phi) is 5.85. The molecule has 2 heterocycles. The Balaban J connectivity index is 1.68. The fraction of sp³-hybridized carbons (Fsp3) is 0.368. The zero-order valence-corrected chi connectivity index (χ0v) is 14.4. The minimum absolute atomic E-state index is 0.0862. The molecule has 0 unspecified atom stereocenters. The van der Waals surface area contributed by atoms with E-state index in [1.165, 1.54) is 0 Å². The molecule has 0 spiro atoms. The van der Waals surface area contributed by atoms with Gasteiger partial charge in [0, 0.05) is 37.6 Å². The molecular weight excluding hydrogens is 318 g/mol. The SMILES string of the molecule is CCOc1cc(CNC(=O)c2ccccc2N2CCOCC2)ccn1. The van der Waals surface area contributed by atoms with Crippen LogP contribution in [0.3, 0.4) is 0 Å². The molecule has 0 radical (unpaired) electrons. The average molecular weight is 341 g/mol. The Morgan fingerprint density at radius 3 is 2.88 bits per heavy atom. The van der Waals surface area contributed by atoms with Gasteiger partial charge in [-0.3, -0.25) is 4.79 Å². The minimum atomic E-state index is -0.0862. The van der Waals surface area contributed by atoms with Gasteiger partial charge in [0.05, 0.1) is 25.4 Å². The predicted octanol–water partition coefficient (Wildman–Crippen LogP) is 2.25. The maximum Gasteiger partial charge on any atom is 0.253 e. The van der Waals surface area contributed by atoms with E-state index in [0.717, 1.165) is 24.3 Å². The van der Waals surface area contributed by atoms with Crippen LogP contribution in [0.1, 0.15) is 22.8 Å². The van der Waals surface area contributed by atoms with Gasteiger partial charge < -0.3 is 19.7 Å². The average Bonchev–Trinajstić information content (AvgIpc) is 2.67. The van der Waals surface area contributed by atoms with E-state index >= 15 is 0 Å². The van der Waals surface area contributed by atoms with Gasteiger partial charge in [0.1, 0.15) is 0 Å². The van der Waals surface area contributed by atoms with E-state index in [0.29, 0.717) is 37.8 Å². The summed E-state index contributed by atoms with van der Waals surface area (Å²) in [5.74, 6) is 0.486. The molecular formula is C19H23N3O3. The molecule has 1 aliphatic heterocycles. The first-order chi connectivity index (χ1) is 12.3. The molecule has 0 bridgehead atoms. The molecule has 25 heavy (non-hydrogen) atoms. The summed E-state index contributed by atoms with van der Waals surface area (Å²) in [6.45, 7) is 5.88. The lowest BCUT2D eigenvalue weighted by Gasteiger charge is -2.30. The van der Waals surface area contributed by atoms with Crippen LogP contribution in [0, 0.1) is 0 Å². The topological polar surface area (TPSA) is 63.7 Å². The number of aromatic nitrogens is 1. The first-order valence-electron chi connectivity index (χ1n) is 8.55. The summed E-state index contributed by atoms with van der Waals surface area (Å²) in [6.07, 6.45) is 1.69. The monoisotopic (exact) mass is 341 g/mol. The van der Waals surface area contributed by atoms with Gasteiger partial charge in [-0.2, -0.15) is 0 Å². The quantitative estimate of drug-likeness (QED) is 0.873. The number of nitrogens with zero attached hydrogens (tertiary/aromatic N) is 2. The number of nitrogens with one attached hydrogen (secondary N) is 1. The second kappa shape index (κ2) is 8.48. The van der Waals surface area contributed by atoms with Gasteiger partial charge in [-0.05, 0) is 30.7 Å². The summed E-state index contributed by atoms with van der Waals surface area (Å²) < 4.78 is 10.8. The Bertz CT molecular complexity index is 715. The summed E-state index contributed by atoms with van der Waals surface area (Å²) >= 11 is 0. The molecule has 6 heteroatoms. The van der Waals surface area contributed by atoms with Gasteiger partial charge in [0.25, 0.3) is 5.91 Å². The number of carbonyl (C=O) groups is 1. The lowest BCUT2D eigenvalue weighted by Crippen LogP contribution is -2.37. The van der Waals surface area contributed by atoms with E-state index in [1.807, 2.05) is 43.3 Å². The molecule has 0 atom stereocenters. The van der Waals surface area contributed by atoms with Gasteiger partial charge in [0.15, 0.2) is 0 Å². The first kappa shape index (κ1) is 17.2. The van der Waals surface area contributed by atoms with Crippen molar-refractivity contribution in [2.24, 2.45) is 0 Å². The second-order valence-corrected chi connectivity index (χ2v) is 5.73. The molecule has 1 aliphatic rings. The van der Waals surface area contributed by atoms with Crippen molar-refractivity contribution in [1.29, 1.82) is 0 Å². The van der Waals surface area contributed by atoms with Crippen molar-refractivity contribution in [3.63, 3.8) is 0 Å². The number of hydrogen-bond acceptors (Lipinski definition) is 5. The Morgan fingerprint density at radius 2 is 2.08 bits per heavy atom. The van der Waals surface area contributed by atoms with Crippen molar-refractivity contribution >= 4 is 11.6 Å². The molecule has 1 N–H and O–H groups in total. The van der Waals surface area contributed by atoms with Crippen LogP contribution in [-0.4, -0.2) is 43.8 Å². The van der Waals surface area contributed by atoms with E-state index in [1.54, 1.807) is 6.20 Å². The van der Waals surface area contributed by atoms with Crippen LogP contribution in [0.5, 0.6) is 5.88 Å². The fourth-order valence-corrected chi connectivity index (χ4v) is 2.81. The van der Waals surface area contributed by atoms with E-state index in [2.05, 4.69) is 15.2 Å². The Labute approximate surface area is 147 Å². The van der Waals surface area contributed by atoms with Crippen molar-refractivity contribution < 1.29 is 14.3 Å². The number of morpholine rings is 1. The van der Waals surface area contributed by atoms with Crippen LogP contribution in [0.2, 0.25) is 0 Å². The summed E-state index contributed by atoms with van der Waals surface area (Å²) in [4.78, 5) is 19.0. The lowest BCUT2D eigenvalue weighted by atomic mass is 10.1. The zero-order chi connectivity index (χ0) is 17.5. The third kappa shape index (κ3) is 4.48. The van der Waals surface area contributed by atoms with Crippen molar-refractivity contribution in [1.82, 2.24) is 10.3 Å². The number of rotatable bonds is 6. The van der Waals surface area contributed by atoms with Gasteiger partial charge in [-0.25, -0.2) is 4.98 Å². The summed E-state index contributed by atoms with van der Waals surface area (Å²) in [7, 11) is 0. The van der Waals surface area contributed by atoms with Crippen LogP contribution in [-0.2, 0) is 11.3 Å². The van der Waals surface area contributed by atoms with Gasteiger partial charge >= 0.3 is 0 Å². The molecule has 1 amide bonds. The highest BCUT2D eigenvalue weighted by molar-refractivity contribution is 5.99. The molecule has 6 nitrogen and oxygen atoms in total. The number of pyridine rings is 1. The summed E-state index contributed by atoms with van der Waals surface area (Å²) in [5, 5.41) is 2.98. The zero-order valence-electron chi connectivity index (χ0n) is 14.4. The van der Waals surface area contributed by atoms with Crippen LogP contribution in [0.25, 0.3) is 0 Å². The van der Waals surface area contributed by atoms with Gasteiger partial charge in [-0.1, -0.05) is 12.1 Å². The van der Waals surface area contributed by atoms with Crippen LogP contribution in [0.4, 0.5) is 5.69 Å².